The van der Waals surface area contributed by atoms with Gasteiger partial charge in [0.05, 0.1) is 17.8 Å². The van der Waals surface area contributed by atoms with Gasteiger partial charge in [-0.3, -0.25) is 19.4 Å². The van der Waals surface area contributed by atoms with Crippen LogP contribution in [0.15, 0.2) is 36.9 Å². The van der Waals surface area contributed by atoms with Crippen molar-refractivity contribution in [3.05, 3.63) is 48.0 Å². The summed E-state index contributed by atoms with van der Waals surface area (Å²) in [5.41, 5.74) is 1.76. The quantitative estimate of drug-likeness (QED) is 0.884. The lowest BCUT2D eigenvalue weighted by molar-refractivity contribution is 0.0937. The number of carbonyl (C=O) groups is 1. The van der Waals surface area contributed by atoms with Crippen LogP contribution in [-0.2, 0) is 6.54 Å². The lowest BCUT2D eigenvalue weighted by Gasteiger charge is -2.27. The Bertz CT molecular complexity index is 633. The first kappa shape index (κ1) is 15.7. The van der Waals surface area contributed by atoms with Gasteiger partial charge in [-0.1, -0.05) is 6.07 Å². The second-order valence-corrected chi connectivity index (χ2v) is 5.84. The Hall–Kier alpha value is -2.21. The Balaban J connectivity index is 1.67. The first-order valence-corrected chi connectivity index (χ1v) is 8.22. The van der Waals surface area contributed by atoms with Gasteiger partial charge >= 0.3 is 0 Å². The molecule has 3 heterocycles. The molecule has 1 unspecified atom stereocenters. The molecule has 2 aromatic rings. The van der Waals surface area contributed by atoms with Gasteiger partial charge in [0.2, 0.25) is 0 Å². The number of hydrogen-bond donors (Lipinski definition) is 1. The van der Waals surface area contributed by atoms with Crippen LogP contribution in [0.4, 0.5) is 0 Å². The molecule has 1 fully saturated rings. The smallest absolute Gasteiger partial charge is 0.254 e. The van der Waals surface area contributed by atoms with Crippen LogP contribution in [-0.4, -0.2) is 45.2 Å². The highest BCUT2D eigenvalue weighted by Crippen LogP contribution is 2.23. The molecule has 0 spiro atoms. The lowest BCUT2D eigenvalue weighted by atomic mass is 10.1. The normalized spacial score (nSPS) is 16.4. The van der Waals surface area contributed by atoms with Crippen molar-refractivity contribution in [2.45, 2.75) is 32.4 Å². The van der Waals surface area contributed by atoms with E-state index in [-0.39, 0.29) is 11.9 Å². The topological polar surface area (TPSA) is 63.1 Å². The number of likely N-dealkylation sites (tertiary alicyclic amines) is 1. The molecule has 23 heavy (non-hydrogen) atoms. The molecule has 1 N–H and O–H groups in total. The van der Waals surface area contributed by atoms with E-state index in [2.05, 4.69) is 26.4 Å². The maximum atomic E-state index is 12.3. The summed E-state index contributed by atoms with van der Waals surface area (Å²) in [7, 11) is 0. The minimum atomic E-state index is -0.0715. The van der Waals surface area contributed by atoms with Gasteiger partial charge in [-0.25, -0.2) is 0 Å². The number of pyridine rings is 1. The number of carbonyl (C=O) groups excluding carboxylic acids is 1. The number of nitrogens with one attached hydrogen (secondary N) is 1. The van der Waals surface area contributed by atoms with Crippen molar-refractivity contribution in [1.82, 2.24) is 25.0 Å². The number of aryl methyl sites for hydroxylation is 1. The molecular weight excluding hydrogens is 290 g/mol. The van der Waals surface area contributed by atoms with Crippen molar-refractivity contribution in [3.8, 4) is 0 Å². The van der Waals surface area contributed by atoms with Crippen molar-refractivity contribution >= 4 is 5.91 Å². The molecule has 1 aliphatic rings. The van der Waals surface area contributed by atoms with Crippen molar-refractivity contribution < 1.29 is 4.79 Å². The predicted molar refractivity (Wildman–Crippen MR) is 88.0 cm³/mol. The first-order chi connectivity index (χ1) is 11.3. The SMILES string of the molecule is CCn1cc(C(=O)NCC(c2cccnc2)N2CCCC2)cn1. The van der Waals surface area contributed by atoms with Crippen molar-refractivity contribution in [2.75, 3.05) is 19.6 Å². The summed E-state index contributed by atoms with van der Waals surface area (Å²) in [6.07, 6.45) is 9.51. The summed E-state index contributed by atoms with van der Waals surface area (Å²) < 4.78 is 1.76. The third kappa shape index (κ3) is 3.76. The first-order valence-electron chi connectivity index (χ1n) is 8.22. The maximum Gasteiger partial charge on any atom is 0.254 e. The minimum absolute atomic E-state index is 0.0715. The molecule has 1 amide bonds. The summed E-state index contributed by atoms with van der Waals surface area (Å²) in [6, 6.07) is 4.21. The van der Waals surface area contributed by atoms with E-state index in [9.17, 15) is 4.79 Å². The van der Waals surface area contributed by atoms with E-state index >= 15 is 0 Å². The fraction of sp³-hybridized carbons (Fsp3) is 0.471. The lowest BCUT2D eigenvalue weighted by Crippen LogP contribution is -2.36. The van der Waals surface area contributed by atoms with E-state index < -0.39 is 0 Å². The van der Waals surface area contributed by atoms with Gasteiger partial charge in [0.15, 0.2) is 0 Å². The molecular formula is C17H23N5O. The van der Waals surface area contributed by atoms with Gasteiger partial charge in [0, 0.05) is 31.7 Å². The number of rotatable bonds is 6. The molecule has 0 bridgehead atoms. The number of nitrogens with zero attached hydrogens (tertiary/aromatic N) is 4. The molecule has 6 nitrogen and oxygen atoms in total. The zero-order valence-corrected chi connectivity index (χ0v) is 13.5. The Morgan fingerprint density at radius 1 is 1.35 bits per heavy atom. The second kappa shape index (κ2) is 7.37. The second-order valence-electron chi connectivity index (χ2n) is 5.84. The van der Waals surface area contributed by atoms with Crippen LogP contribution >= 0.6 is 0 Å². The molecule has 6 heteroatoms. The predicted octanol–water partition coefficient (Wildman–Crippen LogP) is 1.86. The van der Waals surface area contributed by atoms with Crippen molar-refractivity contribution in [2.24, 2.45) is 0 Å². The van der Waals surface area contributed by atoms with Crippen LogP contribution in [0, 0.1) is 0 Å². The monoisotopic (exact) mass is 313 g/mol. The Morgan fingerprint density at radius 3 is 2.83 bits per heavy atom. The average Bonchev–Trinajstić information content (AvgIpc) is 3.27. The van der Waals surface area contributed by atoms with E-state index in [1.54, 1.807) is 23.3 Å². The van der Waals surface area contributed by atoms with Gasteiger partial charge in [-0.05, 0) is 44.5 Å². The fourth-order valence-electron chi connectivity index (χ4n) is 3.03. The van der Waals surface area contributed by atoms with E-state index in [0.29, 0.717) is 12.1 Å². The van der Waals surface area contributed by atoms with E-state index in [0.717, 1.165) is 25.2 Å². The largest absolute Gasteiger partial charge is 0.350 e. The van der Waals surface area contributed by atoms with Gasteiger partial charge in [0.25, 0.3) is 5.91 Å². The molecule has 1 atom stereocenters. The molecule has 0 aromatic carbocycles. The van der Waals surface area contributed by atoms with Gasteiger partial charge in [-0.15, -0.1) is 0 Å². The minimum Gasteiger partial charge on any atom is -0.350 e. The van der Waals surface area contributed by atoms with Crippen LogP contribution in [0.3, 0.4) is 0 Å². The summed E-state index contributed by atoms with van der Waals surface area (Å²) in [6.45, 7) is 5.49. The Labute approximate surface area is 136 Å². The molecule has 1 aliphatic heterocycles. The third-order valence-corrected chi connectivity index (χ3v) is 4.33. The molecule has 1 saturated heterocycles. The van der Waals surface area contributed by atoms with Crippen molar-refractivity contribution in [3.63, 3.8) is 0 Å². The van der Waals surface area contributed by atoms with E-state index in [1.165, 1.54) is 12.8 Å². The highest BCUT2D eigenvalue weighted by atomic mass is 16.1. The maximum absolute atomic E-state index is 12.3. The molecule has 0 aliphatic carbocycles. The number of hydrogen-bond acceptors (Lipinski definition) is 4. The van der Waals surface area contributed by atoms with Crippen LogP contribution in [0.2, 0.25) is 0 Å². The summed E-state index contributed by atoms with van der Waals surface area (Å²) in [5, 5.41) is 7.20. The van der Waals surface area contributed by atoms with Gasteiger partial charge in [0.1, 0.15) is 0 Å². The van der Waals surface area contributed by atoms with Crippen LogP contribution < -0.4 is 5.32 Å². The van der Waals surface area contributed by atoms with Gasteiger partial charge < -0.3 is 5.32 Å². The van der Waals surface area contributed by atoms with Crippen LogP contribution in [0.1, 0.15) is 41.7 Å². The highest BCUT2D eigenvalue weighted by Gasteiger charge is 2.24. The molecule has 2 aromatic heterocycles. The molecule has 0 saturated carbocycles. The van der Waals surface area contributed by atoms with Crippen LogP contribution in [0.25, 0.3) is 0 Å². The molecule has 0 radical (unpaired) electrons. The van der Waals surface area contributed by atoms with Crippen molar-refractivity contribution in [1.29, 1.82) is 0 Å². The summed E-state index contributed by atoms with van der Waals surface area (Å²) in [4.78, 5) is 19.0. The molecule has 3 rings (SSSR count). The van der Waals surface area contributed by atoms with Crippen LogP contribution in [0.5, 0.6) is 0 Å². The zero-order chi connectivity index (χ0) is 16.1. The molecule has 122 valence electrons. The zero-order valence-electron chi connectivity index (χ0n) is 13.5. The number of amides is 1. The average molecular weight is 313 g/mol. The number of aromatic nitrogens is 3. The summed E-state index contributed by atoms with van der Waals surface area (Å²) >= 11 is 0. The van der Waals surface area contributed by atoms with Gasteiger partial charge in [-0.2, -0.15) is 5.10 Å². The Kier molecular flexibility index (Phi) is 5.02. The van der Waals surface area contributed by atoms with E-state index in [4.69, 9.17) is 0 Å². The fourth-order valence-corrected chi connectivity index (χ4v) is 3.03. The Morgan fingerprint density at radius 2 is 2.17 bits per heavy atom. The highest BCUT2D eigenvalue weighted by molar-refractivity contribution is 5.93. The van der Waals surface area contributed by atoms with E-state index in [1.807, 2.05) is 19.2 Å². The standard InChI is InChI=1S/C17H23N5O/c1-2-22-13-15(11-20-22)17(23)19-12-16(21-8-3-4-9-21)14-6-5-7-18-10-14/h5-7,10-11,13,16H,2-4,8-9,12H2,1H3,(H,19,23). The summed E-state index contributed by atoms with van der Waals surface area (Å²) in [5.74, 6) is -0.0715. The third-order valence-electron chi connectivity index (χ3n) is 4.33.